The van der Waals surface area contributed by atoms with Gasteiger partial charge in [0.1, 0.15) is 5.76 Å². The number of nitrogens with zero attached hydrogens (tertiary/aromatic N) is 1. The van der Waals surface area contributed by atoms with Gasteiger partial charge in [-0.2, -0.15) is 5.10 Å². The van der Waals surface area contributed by atoms with Crippen LogP contribution in [0.25, 0.3) is 11.1 Å². The summed E-state index contributed by atoms with van der Waals surface area (Å²) in [5, 5.41) is 4.38. The van der Waals surface area contributed by atoms with Gasteiger partial charge >= 0.3 is 5.97 Å². The zero-order chi connectivity index (χ0) is 22.7. The molecule has 0 atom stereocenters. The fraction of sp³-hybridized carbons (Fsp3) is 0.269. The fourth-order valence-corrected chi connectivity index (χ4v) is 3.87. The lowest BCUT2D eigenvalue weighted by Gasteiger charge is -2.13. The van der Waals surface area contributed by atoms with Crippen LogP contribution in [0.15, 0.2) is 64.1 Å². The number of benzene rings is 2. The van der Waals surface area contributed by atoms with Gasteiger partial charge in [0.05, 0.1) is 11.8 Å². The zero-order valence-corrected chi connectivity index (χ0v) is 18.5. The quantitative estimate of drug-likeness (QED) is 0.440. The van der Waals surface area contributed by atoms with E-state index in [1.807, 2.05) is 49.4 Å². The molecule has 1 aliphatic carbocycles. The number of hydrogen-bond acceptors (Lipinski definition) is 5. The summed E-state index contributed by atoms with van der Waals surface area (Å²) in [7, 11) is 0. The SMILES string of the molecule is Cc1c(C(=O)OC(C)C)oc2c1/C(=N/NC(=O)c1ccc(-c3ccccc3)cc1)CCC2. The second-order valence-electron chi connectivity index (χ2n) is 8.10. The Bertz CT molecular complexity index is 1160. The average molecular weight is 431 g/mol. The molecule has 1 N–H and O–H groups in total. The molecule has 0 fully saturated rings. The summed E-state index contributed by atoms with van der Waals surface area (Å²) in [5.41, 5.74) is 7.53. The number of amides is 1. The highest BCUT2D eigenvalue weighted by Crippen LogP contribution is 2.30. The van der Waals surface area contributed by atoms with Crippen LogP contribution in [0, 0.1) is 6.92 Å². The Hall–Kier alpha value is -3.67. The number of carbonyl (C=O) groups is 2. The van der Waals surface area contributed by atoms with Crippen molar-refractivity contribution in [1.29, 1.82) is 0 Å². The van der Waals surface area contributed by atoms with Crippen LogP contribution in [0.1, 0.15) is 64.5 Å². The lowest BCUT2D eigenvalue weighted by molar-refractivity contribution is 0.0338. The molecular weight excluding hydrogens is 404 g/mol. The maximum Gasteiger partial charge on any atom is 0.374 e. The lowest BCUT2D eigenvalue weighted by atomic mass is 9.93. The van der Waals surface area contributed by atoms with Crippen molar-refractivity contribution in [1.82, 2.24) is 5.43 Å². The van der Waals surface area contributed by atoms with Crippen LogP contribution in [-0.4, -0.2) is 23.7 Å². The predicted molar refractivity (Wildman–Crippen MR) is 123 cm³/mol. The third-order valence-electron chi connectivity index (χ3n) is 5.40. The standard InChI is InChI=1S/C26H26N2O4/c1-16(2)31-26(30)24-17(3)23-21(10-7-11-22(23)32-24)27-28-25(29)20-14-12-19(13-15-20)18-8-5-4-6-9-18/h4-6,8-9,12-16H,7,10-11H2,1-3H3,(H,28,29)/b27-21+. The minimum Gasteiger partial charge on any atom is -0.457 e. The molecule has 6 nitrogen and oxygen atoms in total. The summed E-state index contributed by atoms with van der Waals surface area (Å²) in [4.78, 5) is 25.0. The van der Waals surface area contributed by atoms with E-state index in [-0.39, 0.29) is 17.8 Å². The van der Waals surface area contributed by atoms with Crippen LogP contribution in [0.5, 0.6) is 0 Å². The lowest BCUT2D eigenvalue weighted by Crippen LogP contribution is -2.22. The molecule has 2 aromatic carbocycles. The highest BCUT2D eigenvalue weighted by Gasteiger charge is 2.29. The molecule has 0 saturated carbocycles. The zero-order valence-electron chi connectivity index (χ0n) is 18.5. The first kappa shape index (κ1) is 21.6. The van der Waals surface area contributed by atoms with Gasteiger partial charge in [0, 0.05) is 23.1 Å². The van der Waals surface area contributed by atoms with Crippen LogP contribution < -0.4 is 5.43 Å². The average Bonchev–Trinajstić information content (AvgIpc) is 3.15. The molecule has 6 heteroatoms. The minimum absolute atomic E-state index is 0.209. The van der Waals surface area contributed by atoms with Gasteiger partial charge in [-0.25, -0.2) is 10.2 Å². The van der Waals surface area contributed by atoms with Crippen LogP contribution >= 0.6 is 0 Å². The summed E-state index contributed by atoms with van der Waals surface area (Å²) in [5.74, 6) is 0.157. The van der Waals surface area contributed by atoms with E-state index in [2.05, 4.69) is 10.5 Å². The predicted octanol–water partition coefficient (Wildman–Crippen LogP) is 5.29. The summed E-state index contributed by atoms with van der Waals surface area (Å²) in [6.07, 6.45) is 2.02. The van der Waals surface area contributed by atoms with Crippen molar-refractivity contribution in [3.63, 3.8) is 0 Å². The van der Waals surface area contributed by atoms with Gasteiger partial charge in [-0.15, -0.1) is 0 Å². The summed E-state index contributed by atoms with van der Waals surface area (Å²) in [6.45, 7) is 5.42. The smallest absolute Gasteiger partial charge is 0.374 e. The first-order valence-corrected chi connectivity index (χ1v) is 10.8. The molecule has 1 amide bonds. The maximum absolute atomic E-state index is 12.7. The Morgan fingerprint density at radius 3 is 2.38 bits per heavy atom. The highest BCUT2D eigenvalue weighted by atomic mass is 16.6. The van der Waals surface area contributed by atoms with Crippen LogP contribution in [-0.2, 0) is 11.2 Å². The highest BCUT2D eigenvalue weighted by molar-refractivity contribution is 6.06. The van der Waals surface area contributed by atoms with Crippen molar-refractivity contribution in [3.05, 3.63) is 82.8 Å². The molecule has 1 aromatic heterocycles. The molecule has 164 valence electrons. The molecule has 1 aliphatic rings. The van der Waals surface area contributed by atoms with Crippen molar-refractivity contribution >= 4 is 17.6 Å². The fourth-order valence-electron chi connectivity index (χ4n) is 3.87. The van der Waals surface area contributed by atoms with Gasteiger partial charge < -0.3 is 9.15 Å². The normalized spacial score (nSPS) is 14.3. The number of nitrogens with one attached hydrogen (secondary N) is 1. The maximum atomic E-state index is 12.7. The van der Waals surface area contributed by atoms with Crippen LogP contribution in [0.2, 0.25) is 0 Å². The Balaban J connectivity index is 1.51. The van der Waals surface area contributed by atoms with Crippen molar-refractivity contribution in [2.45, 2.75) is 46.1 Å². The number of furan rings is 1. The van der Waals surface area contributed by atoms with Crippen molar-refractivity contribution in [3.8, 4) is 11.1 Å². The number of esters is 1. The molecule has 32 heavy (non-hydrogen) atoms. The van der Waals surface area contributed by atoms with Gasteiger partial charge in [0.15, 0.2) is 0 Å². The minimum atomic E-state index is -0.478. The molecule has 0 bridgehead atoms. The van der Waals surface area contributed by atoms with E-state index in [0.717, 1.165) is 29.5 Å². The number of ether oxygens (including phenoxy) is 1. The first-order chi connectivity index (χ1) is 15.4. The van der Waals surface area contributed by atoms with E-state index >= 15 is 0 Å². The van der Waals surface area contributed by atoms with Gasteiger partial charge in [-0.05, 0) is 56.9 Å². The molecule has 0 spiro atoms. The summed E-state index contributed by atoms with van der Waals surface area (Å²) >= 11 is 0. The van der Waals surface area contributed by atoms with E-state index in [1.165, 1.54) is 0 Å². The molecule has 0 unspecified atom stereocenters. The topological polar surface area (TPSA) is 80.9 Å². The molecule has 0 radical (unpaired) electrons. The summed E-state index contributed by atoms with van der Waals surface area (Å²) < 4.78 is 11.1. The molecular formula is C26H26N2O4. The van der Waals surface area contributed by atoms with E-state index in [4.69, 9.17) is 9.15 Å². The number of aryl methyl sites for hydroxylation is 1. The number of carbonyl (C=O) groups excluding carboxylic acids is 2. The number of fused-ring (bicyclic) bond motifs is 1. The van der Waals surface area contributed by atoms with Gasteiger partial charge in [0.25, 0.3) is 5.91 Å². The number of hydrogen-bond donors (Lipinski definition) is 1. The third-order valence-corrected chi connectivity index (χ3v) is 5.40. The summed E-state index contributed by atoms with van der Waals surface area (Å²) in [6, 6.07) is 17.4. The molecule has 0 aliphatic heterocycles. The Labute approximate surface area is 187 Å². The number of rotatable bonds is 5. The Morgan fingerprint density at radius 1 is 1.00 bits per heavy atom. The van der Waals surface area contributed by atoms with Crippen LogP contribution in [0.4, 0.5) is 0 Å². The first-order valence-electron chi connectivity index (χ1n) is 10.8. The van der Waals surface area contributed by atoms with E-state index in [1.54, 1.807) is 26.0 Å². The van der Waals surface area contributed by atoms with E-state index < -0.39 is 5.97 Å². The second kappa shape index (κ2) is 9.22. The van der Waals surface area contributed by atoms with E-state index in [9.17, 15) is 9.59 Å². The molecule has 4 rings (SSSR count). The monoisotopic (exact) mass is 430 g/mol. The molecule has 1 heterocycles. The molecule has 3 aromatic rings. The van der Waals surface area contributed by atoms with Gasteiger partial charge in [-0.1, -0.05) is 42.5 Å². The van der Waals surface area contributed by atoms with E-state index in [0.29, 0.717) is 29.0 Å². The van der Waals surface area contributed by atoms with Gasteiger partial charge in [0.2, 0.25) is 5.76 Å². The second-order valence-corrected chi connectivity index (χ2v) is 8.10. The molecule has 0 saturated heterocycles. The third kappa shape index (κ3) is 4.49. The largest absolute Gasteiger partial charge is 0.457 e. The van der Waals surface area contributed by atoms with Crippen molar-refractivity contribution in [2.24, 2.45) is 5.10 Å². The van der Waals surface area contributed by atoms with Crippen molar-refractivity contribution < 1.29 is 18.7 Å². The van der Waals surface area contributed by atoms with Crippen LogP contribution in [0.3, 0.4) is 0 Å². The van der Waals surface area contributed by atoms with Gasteiger partial charge in [-0.3, -0.25) is 4.79 Å². The number of hydrazone groups is 1. The van der Waals surface area contributed by atoms with Crippen molar-refractivity contribution in [2.75, 3.05) is 0 Å². The Kier molecular flexibility index (Phi) is 6.21. The Morgan fingerprint density at radius 2 is 1.69 bits per heavy atom.